The van der Waals surface area contributed by atoms with Crippen LogP contribution in [0.5, 0.6) is 11.5 Å². The van der Waals surface area contributed by atoms with Crippen molar-refractivity contribution in [2.75, 3.05) is 6.61 Å². The highest BCUT2D eigenvalue weighted by Gasteiger charge is 2.14. The molecular weight excluding hydrogens is 634 g/mol. The maximum Gasteiger partial charge on any atom is 0.343 e. The van der Waals surface area contributed by atoms with E-state index in [1.54, 1.807) is 48.5 Å². The molecule has 0 amide bonds. The van der Waals surface area contributed by atoms with Gasteiger partial charge in [-0.15, -0.1) is 0 Å². The van der Waals surface area contributed by atoms with Gasteiger partial charge in [0.25, 0.3) is 0 Å². The van der Waals surface area contributed by atoms with Crippen LogP contribution in [-0.2, 0) is 11.2 Å². The fourth-order valence-electron chi connectivity index (χ4n) is 5.44. The molecule has 6 heteroatoms. The molecule has 0 saturated heterocycles. The largest absolute Gasteiger partial charge is 0.494 e. The maximum atomic E-state index is 12.4. The van der Waals surface area contributed by atoms with Crippen LogP contribution in [0.2, 0.25) is 0 Å². The Balaban J connectivity index is 0.000000327. The summed E-state index contributed by atoms with van der Waals surface area (Å²) in [4.78, 5) is 24.7. The average molecular weight is 690 g/mol. The molecule has 0 saturated carbocycles. The lowest BCUT2D eigenvalue weighted by Crippen LogP contribution is -2.15. The first-order valence-corrected chi connectivity index (χ1v) is 18.6. The Bertz CT molecular complexity index is 1620. The summed E-state index contributed by atoms with van der Waals surface area (Å²) in [6.45, 7) is 11.4. The molecule has 0 spiro atoms. The molecule has 0 aliphatic rings. The summed E-state index contributed by atoms with van der Waals surface area (Å²) in [5.74, 6) is 0.985. The number of nitriles is 1. The molecule has 6 nitrogen and oxygen atoms in total. The van der Waals surface area contributed by atoms with Crippen LogP contribution in [-0.4, -0.2) is 24.6 Å². The molecule has 0 N–H and O–H groups in total. The Morgan fingerprint density at radius 3 is 1.71 bits per heavy atom. The van der Waals surface area contributed by atoms with Crippen LogP contribution >= 0.6 is 0 Å². The van der Waals surface area contributed by atoms with Gasteiger partial charge in [0.2, 0.25) is 0 Å². The van der Waals surface area contributed by atoms with Crippen molar-refractivity contribution in [3.8, 4) is 28.7 Å². The fraction of sp³-hybridized carbons (Fsp3) is 0.400. The summed E-state index contributed by atoms with van der Waals surface area (Å²) in [7, 11) is 0. The van der Waals surface area contributed by atoms with Crippen molar-refractivity contribution in [1.29, 1.82) is 5.26 Å². The first-order chi connectivity index (χ1) is 24.7. The van der Waals surface area contributed by atoms with E-state index in [-0.39, 0.29) is 12.1 Å². The number of rotatable bonds is 18. The Labute approximate surface area is 305 Å². The highest BCUT2D eigenvalue weighted by atomic mass is 16.5. The summed E-state index contributed by atoms with van der Waals surface area (Å²) in [5.41, 5.74) is 5.32. The number of esters is 2. The number of hydrogen-bond donors (Lipinski definition) is 0. The first-order valence-electron chi connectivity index (χ1n) is 18.6. The molecule has 0 bridgehead atoms. The predicted molar refractivity (Wildman–Crippen MR) is 206 cm³/mol. The zero-order valence-corrected chi connectivity index (χ0v) is 31.2. The van der Waals surface area contributed by atoms with Crippen LogP contribution < -0.4 is 9.47 Å². The smallest absolute Gasteiger partial charge is 0.343 e. The molecule has 4 aromatic rings. The quantitative estimate of drug-likeness (QED) is 0.0587. The highest BCUT2D eigenvalue weighted by Crippen LogP contribution is 2.22. The van der Waals surface area contributed by atoms with Crippen LogP contribution in [0.25, 0.3) is 11.1 Å². The standard InChI is InChI=1S/C28H38O5.C17H17N/c1-4-6-8-10-12-22(3)32-27(29)23-15-19-26(20-16-23)33-28(30)24-13-17-25(18-14-24)31-21-11-9-7-5-2;1-13(2)11-14-3-7-16(8-4-14)17-9-5-15(12-18)6-10-17/h13-20,22H,4-12,21H2,1-3H3;3-10,13H,11H2,1-2H3. The molecular formula is C45H55NO5. The van der Waals surface area contributed by atoms with Gasteiger partial charge in [0.1, 0.15) is 11.5 Å². The number of carbonyl (C=O) groups excluding carboxylic acids is 2. The number of hydrogen-bond acceptors (Lipinski definition) is 6. The van der Waals surface area contributed by atoms with Gasteiger partial charge in [-0.1, -0.05) is 103 Å². The lowest BCUT2D eigenvalue weighted by Gasteiger charge is -2.13. The molecule has 0 aliphatic heterocycles. The number of benzene rings is 4. The topological polar surface area (TPSA) is 85.6 Å². The van der Waals surface area contributed by atoms with Gasteiger partial charge in [-0.05, 0) is 116 Å². The second-order valence-corrected chi connectivity index (χ2v) is 13.4. The number of carbonyl (C=O) groups is 2. The molecule has 0 heterocycles. The van der Waals surface area contributed by atoms with Crippen molar-refractivity contribution >= 4 is 11.9 Å². The fourth-order valence-corrected chi connectivity index (χ4v) is 5.44. The minimum absolute atomic E-state index is 0.116. The van der Waals surface area contributed by atoms with Gasteiger partial charge in [0.15, 0.2) is 0 Å². The third kappa shape index (κ3) is 15.3. The van der Waals surface area contributed by atoms with Gasteiger partial charge in [-0.2, -0.15) is 5.26 Å². The van der Waals surface area contributed by atoms with Crippen molar-refractivity contribution in [2.45, 2.75) is 105 Å². The van der Waals surface area contributed by atoms with Gasteiger partial charge in [-0.25, -0.2) is 9.59 Å². The van der Waals surface area contributed by atoms with E-state index in [0.717, 1.165) is 49.8 Å². The molecule has 1 unspecified atom stereocenters. The Hall–Kier alpha value is -4.89. The summed E-state index contributed by atoms with van der Waals surface area (Å²) in [5, 5.41) is 8.77. The zero-order valence-electron chi connectivity index (χ0n) is 31.2. The van der Waals surface area contributed by atoms with E-state index < -0.39 is 5.97 Å². The van der Waals surface area contributed by atoms with E-state index in [1.807, 2.05) is 31.2 Å². The van der Waals surface area contributed by atoms with Crippen molar-refractivity contribution in [2.24, 2.45) is 5.92 Å². The van der Waals surface area contributed by atoms with Gasteiger partial charge in [0.05, 0.1) is 35.5 Å². The van der Waals surface area contributed by atoms with E-state index >= 15 is 0 Å². The van der Waals surface area contributed by atoms with Crippen LogP contribution in [0.3, 0.4) is 0 Å². The summed E-state index contributed by atoms with van der Waals surface area (Å²) in [6.07, 6.45) is 11.1. The molecule has 0 aliphatic carbocycles. The Morgan fingerprint density at radius 2 is 1.16 bits per heavy atom. The number of nitrogens with zero attached hydrogens (tertiary/aromatic N) is 1. The Morgan fingerprint density at radius 1 is 0.627 bits per heavy atom. The third-order valence-corrected chi connectivity index (χ3v) is 8.37. The van der Waals surface area contributed by atoms with Crippen molar-refractivity contribution < 1.29 is 23.8 Å². The lowest BCUT2D eigenvalue weighted by molar-refractivity contribution is 0.0319. The van der Waals surface area contributed by atoms with Crippen LogP contribution in [0.1, 0.15) is 124 Å². The normalized spacial score (nSPS) is 11.2. The second-order valence-electron chi connectivity index (χ2n) is 13.4. The van der Waals surface area contributed by atoms with E-state index in [1.165, 1.54) is 36.8 Å². The van der Waals surface area contributed by atoms with Gasteiger partial charge in [-0.3, -0.25) is 0 Å². The average Bonchev–Trinajstić information content (AvgIpc) is 3.14. The summed E-state index contributed by atoms with van der Waals surface area (Å²) >= 11 is 0. The second kappa shape index (κ2) is 22.8. The molecule has 0 radical (unpaired) electrons. The summed E-state index contributed by atoms with van der Waals surface area (Å²) < 4.78 is 16.6. The van der Waals surface area contributed by atoms with Crippen LogP contribution in [0.4, 0.5) is 0 Å². The predicted octanol–water partition coefficient (Wildman–Crippen LogP) is 11.8. The van der Waals surface area contributed by atoms with Gasteiger partial charge in [0, 0.05) is 0 Å². The third-order valence-electron chi connectivity index (χ3n) is 8.37. The van der Waals surface area contributed by atoms with E-state index in [2.05, 4.69) is 58.0 Å². The minimum atomic E-state index is -0.458. The lowest BCUT2D eigenvalue weighted by atomic mass is 9.99. The number of unbranched alkanes of at least 4 members (excludes halogenated alkanes) is 6. The molecule has 4 aromatic carbocycles. The van der Waals surface area contributed by atoms with Crippen molar-refractivity contribution in [1.82, 2.24) is 0 Å². The van der Waals surface area contributed by atoms with Crippen molar-refractivity contribution in [3.63, 3.8) is 0 Å². The SMILES string of the molecule is CC(C)Cc1ccc(-c2ccc(C#N)cc2)cc1.CCCCCCOc1ccc(C(=O)Oc2ccc(C(=O)OC(C)CCCCCC)cc2)cc1. The van der Waals surface area contributed by atoms with Crippen LogP contribution in [0.15, 0.2) is 97.1 Å². The van der Waals surface area contributed by atoms with Crippen LogP contribution in [0, 0.1) is 17.2 Å². The van der Waals surface area contributed by atoms with Crippen molar-refractivity contribution in [3.05, 3.63) is 119 Å². The molecule has 270 valence electrons. The van der Waals surface area contributed by atoms with E-state index in [9.17, 15) is 9.59 Å². The van der Waals surface area contributed by atoms with E-state index in [4.69, 9.17) is 19.5 Å². The molecule has 51 heavy (non-hydrogen) atoms. The molecule has 0 aromatic heterocycles. The number of ether oxygens (including phenoxy) is 3. The zero-order chi connectivity index (χ0) is 36.8. The monoisotopic (exact) mass is 689 g/mol. The molecule has 0 fully saturated rings. The van der Waals surface area contributed by atoms with E-state index in [0.29, 0.717) is 35.0 Å². The summed E-state index contributed by atoms with van der Waals surface area (Å²) in [6, 6.07) is 31.9. The maximum absolute atomic E-state index is 12.4. The Kier molecular flexibility index (Phi) is 18.1. The van der Waals surface area contributed by atoms with Gasteiger partial charge < -0.3 is 14.2 Å². The first kappa shape index (κ1) is 40.5. The molecule has 1 atom stereocenters. The minimum Gasteiger partial charge on any atom is -0.494 e. The van der Waals surface area contributed by atoms with Gasteiger partial charge >= 0.3 is 11.9 Å². The highest BCUT2D eigenvalue weighted by molar-refractivity contribution is 5.92. The molecule has 4 rings (SSSR count).